The van der Waals surface area contributed by atoms with Crippen LogP contribution in [0.5, 0.6) is 5.88 Å². The third-order valence-electron chi connectivity index (χ3n) is 8.13. The van der Waals surface area contributed by atoms with Gasteiger partial charge in [-0.05, 0) is 85.8 Å². The normalized spacial score (nSPS) is 13.8. The van der Waals surface area contributed by atoms with Gasteiger partial charge in [-0.15, -0.1) is 0 Å². The minimum Gasteiger partial charge on any atom is -0.492 e. The molecule has 0 unspecified atom stereocenters. The Morgan fingerprint density at radius 3 is 1.85 bits per heavy atom. The number of nitrogens with zero attached hydrogens (tertiary/aromatic N) is 4. The molecule has 0 amide bonds. The summed E-state index contributed by atoms with van der Waals surface area (Å²) in [5, 5.41) is 36.8. The summed E-state index contributed by atoms with van der Waals surface area (Å²) in [7, 11) is 0. The minimum absolute atomic E-state index is 0.144. The zero-order valence-electron chi connectivity index (χ0n) is 29.1. The van der Waals surface area contributed by atoms with Crippen LogP contribution >= 0.6 is 0 Å². The third-order valence-corrected chi connectivity index (χ3v) is 8.13. The average molecular weight is 725 g/mol. The van der Waals surface area contributed by atoms with Crippen molar-refractivity contribution in [1.29, 1.82) is 0 Å². The maximum Gasteiger partial charge on any atom is 0.323 e. The van der Waals surface area contributed by atoms with E-state index in [0.717, 1.165) is 44.2 Å². The number of nitrogens with one attached hydrogen (secondary N) is 1. The summed E-state index contributed by atoms with van der Waals surface area (Å²) in [6.07, 6.45) is 5.18. The Morgan fingerprint density at radius 1 is 0.755 bits per heavy atom. The number of hydrogen-bond donors (Lipinski definition) is 8. The van der Waals surface area contributed by atoms with E-state index in [1.165, 1.54) is 26.1 Å². The average Bonchev–Trinajstić information content (AvgIpc) is 3.08. The van der Waals surface area contributed by atoms with Gasteiger partial charge in [0.25, 0.3) is 0 Å². The molecular weight excluding hydrogens is 684 g/mol. The molecule has 0 aliphatic carbocycles. The predicted octanol–water partition coefficient (Wildman–Crippen LogP) is 2.45. The smallest absolute Gasteiger partial charge is 0.323 e. The topological polar surface area (TPSA) is 295 Å². The molecule has 0 saturated heterocycles. The van der Waals surface area contributed by atoms with Crippen LogP contribution in [-0.4, -0.2) is 80.4 Å². The first-order valence-electron chi connectivity index (χ1n) is 16.1. The summed E-state index contributed by atoms with van der Waals surface area (Å²) >= 11 is 0. The number of aromatic nitrogens is 5. The van der Waals surface area contributed by atoms with Gasteiger partial charge in [-0.25, -0.2) is 9.97 Å². The van der Waals surface area contributed by atoms with Crippen molar-refractivity contribution in [2.75, 3.05) is 0 Å². The van der Waals surface area contributed by atoms with Crippen LogP contribution in [0.15, 0.2) is 84.0 Å². The molecule has 0 bridgehead atoms. The molecule has 0 aliphatic rings. The molecule has 3 atom stereocenters. The Bertz CT molecular complexity index is 2360. The second-order valence-electron chi connectivity index (χ2n) is 13.1. The van der Waals surface area contributed by atoms with Crippen molar-refractivity contribution in [3.8, 4) is 5.88 Å². The van der Waals surface area contributed by atoms with Crippen molar-refractivity contribution in [3.63, 3.8) is 0 Å². The lowest BCUT2D eigenvalue weighted by atomic mass is 9.94. The molecule has 0 spiro atoms. The fourth-order valence-electron chi connectivity index (χ4n) is 5.21. The summed E-state index contributed by atoms with van der Waals surface area (Å²) in [6.45, 7) is 4.80. The lowest BCUT2D eigenvalue weighted by molar-refractivity contribution is -0.143. The summed E-state index contributed by atoms with van der Waals surface area (Å²) < 4.78 is 0. The maximum atomic E-state index is 11.3. The van der Waals surface area contributed by atoms with E-state index >= 15 is 0 Å². The van der Waals surface area contributed by atoms with Gasteiger partial charge in [0, 0.05) is 42.2 Å². The number of aryl methyl sites for hydroxylation is 1. The van der Waals surface area contributed by atoms with E-state index in [-0.39, 0.29) is 30.7 Å². The number of fused-ring (bicyclic) bond motifs is 3. The predicted molar refractivity (Wildman–Crippen MR) is 197 cm³/mol. The number of carboxylic acids is 3. The highest BCUT2D eigenvalue weighted by Gasteiger charge is 2.29. The fraction of sp³-hybridized carbons (Fsp3) is 0.243. The number of aromatic hydroxyl groups is 1. The van der Waals surface area contributed by atoms with E-state index in [1.54, 1.807) is 42.7 Å². The quantitative estimate of drug-likeness (QED) is 0.106. The fourth-order valence-corrected chi connectivity index (χ4v) is 5.21. The number of pyridine rings is 1. The molecule has 6 rings (SSSR count). The molecule has 16 heteroatoms. The number of H-pyrrole nitrogens is 1. The molecular formula is C37H40N8O8. The van der Waals surface area contributed by atoms with E-state index in [1.807, 2.05) is 31.2 Å². The first-order valence-corrected chi connectivity index (χ1v) is 16.1. The lowest BCUT2D eigenvalue weighted by Gasteiger charge is -2.19. The van der Waals surface area contributed by atoms with Crippen LogP contribution in [0.3, 0.4) is 0 Å². The maximum absolute atomic E-state index is 11.3. The van der Waals surface area contributed by atoms with Gasteiger partial charge in [-0.3, -0.25) is 29.1 Å². The zero-order valence-corrected chi connectivity index (χ0v) is 29.1. The monoisotopic (exact) mass is 724 g/mol. The van der Waals surface area contributed by atoms with E-state index in [4.69, 9.17) is 32.5 Å². The molecule has 0 radical (unpaired) electrons. The van der Waals surface area contributed by atoms with Gasteiger partial charge >= 0.3 is 17.9 Å². The van der Waals surface area contributed by atoms with Crippen LogP contribution < -0.4 is 22.8 Å². The molecule has 3 aromatic carbocycles. The van der Waals surface area contributed by atoms with Gasteiger partial charge in [0.2, 0.25) is 11.4 Å². The first-order chi connectivity index (χ1) is 24.8. The van der Waals surface area contributed by atoms with Crippen molar-refractivity contribution < 1.29 is 34.8 Å². The first kappa shape index (κ1) is 39.4. The van der Waals surface area contributed by atoms with Crippen LogP contribution in [0.2, 0.25) is 0 Å². The van der Waals surface area contributed by atoms with Gasteiger partial charge < -0.3 is 42.6 Å². The number of aliphatic carboxylic acids is 3. The highest BCUT2D eigenvalue weighted by atomic mass is 16.4. The number of rotatable bonds is 9. The van der Waals surface area contributed by atoms with Crippen LogP contribution in [0.4, 0.5) is 0 Å². The van der Waals surface area contributed by atoms with E-state index in [0.29, 0.717) is 11.0 Å². The van der Waals surface area contributed by atoms with E-state index < -0.39 is 35.0 Å². The molecule has 0 saturated carbocycles. The summed E-state index contributed by atoms with van der Waals surface area (Å²) in [6, 6.07) is 16.6. The molecule has 0 fully saturated rings. The number of aromatic amines is 1. The van der Waals surface area contributed by atoms with Gasteiger partial charge in [0.05, 0.1) is 28.3 Å². The lowest BCUT2D eigenvalue weighted by Crippen LogP contribution is -2.46. The number of carbonyl (C=O) groups is 3. The SMILES string of the molecule is C[C@](N)(Cc1ccc2nc(O)cnc2c1)C(=O)O.C[C@](N)(Cc1ccc2nccnc2c1)C(=O)O.Cc1cc(=O)[nH]c2ccc(C[C@H](N)C(=O)O)cc12. The molecule has 6 aromatic rings. The summed E-state index contributed by atoms with van der Waals surface area (Å²) in [4.78, 5) is 62.8. The molecule has 53 heavy (non-hydrogen) atoms. The van der Waals surface area contributed by atoms with Crippen molar-refractivity contribution in [2.24, 2.45) is 17.2 Å². The van der Waals surface area contributed by atoms with Gasteiger partial charge in [0.1, 0.15) is 17.1 Å². The minimum atomic E-state index is -1.32. The van der Waals surface area contributed by atoms with Crippen molar-refractivity contribution in [3.05, 3.63) is 112 Å². The highest BCUT2D eigenvalue weighted by Crippen LogP contribution is 2.19. The number of hydrogen-bond acceptors (Lipinski definition) is 12. The van der Waals surface area contributed by atoms with Crippen LogP contribution in [0.25, 0.3) is 33.0 Å². The molecule has 3 aromatic heterocycles. The van der Waals surface area contributed by atoms with Crippen LogP contribution in [-0.2, 0) is 33.6 Å². The molecule has 11 N–H and O–H groups in total. The molecule has 276 valence electrons. The van der Waals surface area contributed by atoms with Gasteiger partial charge in [-0.2, -0.15) is 0 Å². The second kappa shape index (κ2) is 16.3. The van der Waals surface area contributed by atoms with E-state index in [9.17, 15) is 24.3 Å². The number of carboxylic acid groups (broad SMARTS) is 3. The van der Waals surface area contributed by atoms with Crippen LogP contribution in [0.1, 0.15) is 36.1 Å². The third kappa shape index (κ3) is 10.6. The highest BCUT2D eigenvalue weighted by molar-refractivity contribution is 5.83. The Morgan fingerprint density at radius 2 is 1.28 bits per heavy atom. The Kier molecular flexibility index (Phi) is 12.1. The van der Waals surface area contributed by atoms with E-state index in [2.05, 4.69) is 24.9 Å². The van der Waals surface area contributed by atoms with Crippen molar-refractivity contribution in [1.82, 2.24) is 24.9 Å². The molecule has 16 nitrogen and oxygen atoms in total. The Balaban J connectivity index is 0.000000178. The Hall–Kier alpha value is -6.36. The van der Waals surface area contributed by atoms with Crippen LogP contribution in [0, 0.1) is 6.92 Å². The zero-order chi connectivity index (χ0) is 39.1. The second-order valence-corrected chi connectivity index (χ2v) is 13.1. The standard InChI is InChI=1S/C13H14N2O3.C12H13N3O3.C12H13N3O2/c1-7-4-12(16)15-11-3-2-8(5-9(7)11)6-10(14)13(17)18;1-12(13,11(17)18)5-7-2-3-8-9(4-7)14-6-10(16)15-8;1-12(13,11(16)17)7-8-2-3-9-10(6-8)15-5-4-14-9/h2-5,10H,6,14H2,1H3,(H,15,16)(H,17,18);2-4,6H,5,13H2,1H3,(H,15,16)(H,17,18);2-6H,7,13H2,1H3,(H,16,17)/t10-;2*12-/m000/s1. The van der Waals surface area contributed by atoms with Gasteiger partial charge in [-0.1, -0.05) is 18.2 Å². The Labute approximate surface area is 302 Å². The number of nitrogens with two attached hydrogens (primary N) is 3. The molecule has 0 aliphatic heterocycles. The molecule has 3 heterocycles. The summed E-state index contributed by atoms with van der Waals surface area (Å²) in [5.41, 5.74) is 20.9. The van der Waals surface area contributed by atoms with Crippen molar-refractivity contribution in [2.45, 2.75) is 57.2 Å². The van der Waals surface area contributed by atoms with Crippen molar-refractivity contribution >= 4 is 50.9 Å². The summed E-state index contributed by atoms with van der Waals surface area (Å²) in [5.74, 6) is -3.24. The van der Waals surface area contributed by atoms with Gasteiger partial charge in [0.15, 0.2) is 0 Å². The number of benzene rings is 3. The largest absolute Gasteiger partial charge is 0.492 e.